The van der Waals surface area contributed by atoms with Crippen LogP contribution in [0.3, 0.4) is 0 Å². The van der Waals surface area contributed by atoms with Gasteiger partial charge in [-0.15, -0.1) is 0 Å². The minimum Gasteiger partial charge on any atom is -0.480 e. The topological polar surface area (TPSA) is 46.5 Å². The minimum absolute atomic E-state index is 0. The molecule has 68 valence electrons. The maximum Gasteiger partial charge on any atom is 1.00 e. The molecule has 0 bridgehead atoms. The standard InChI is InChI=1S/C6H12O3.C2H5.Li/c1-6(2,3)9-4-5(7)8;1-2;/h4H2,1-3H3,(H,7,8);1H2,2H3;/q;-1;+1. The van der Waals surface area contributed by atoms with Crippen LogP contribution in [0.4, 0.5) is 0 Å². The molecule has 0 amide bonds. The Balaban J connectivity index is -0.000000249. The first kappa shape index (κ1) is 17.9. The molecule has 0 aliphatic carbocycles. The number of carboxylic acids is 1. The Bertz CT molecular complexity index is 107. The molecule has 0 saturated heterocycles. The van der Waals surface area contributed by atoms with Gasteiger partial charge in [0.05, 0.1) is 5.60 Å². The van der Waals surface area contributed by atoms with Crippen molar-refractivity contribution in [3.63, 3.8) is 0 Å². The molecule has 0 saturated carbocycles. The smallest absolute Gasteiger partial charge is 0.480 e. The number of carboxylic acid groups (broad SMARTS) is 1. The van der Waals surface area contributed by atoms with E-state index in [-0.39, 0.29) is 31.1 Å². The fourth-order valence-corrected chi connectivity index (χ4v) is 0.278. The molecule has 0 aliphatic heterocycles. The molecule has 0 radical (unpaired) electrons. The first-order valence-electron chi connectivity index (χ1n) is 3.48. The van der Waals surface area contributed by atoms with Gasteiger partial charge in [0, 0.05) is 0 Å². The molecule has 0 aromatic carbocycles. The van der Waals surface area contributed by atoms with Crippen LogP contribution in [0, 0.1) is 6.92 Å². The van der Waals surface area contributed by atoms with Crippen molar-refractivity contribution < 1.29 is 33.5 Å². The summed E-state index contributed by atoms with van der Waals surface area (Å²) in [5, 5.41) is 8.15. The van der Waals surface area contributed by atoms with Crippen LogP contribution in [0.25, 0.3) is 0 Å². The summed E-state index contributed by atoms with van der Waals surface area (Å²) in [5.41, 5.74) is -0.349. The van der Waals surface area contributed by atoms with Crippen molar-refractivity contribution in [2.75, 3.05) is 6.61 Å². The van der Waals surface area contributed by atoms with Gasteiger partial charge in [0.25, 0.3) is 0 Å². The third-order valence-electron chi connectivity index (χ3n) is 0.629. The summed E-state index contributed by atoms with van der Waals surface area (Å²) in [4.78, 5) is 9.92. The number of hydrogen-bond donors (Lipinski definition) is 1. The maximum atomic E-state index is 9.92. The summed E-state index contributed by atoms with van der Waals surface area (Å²) in [6, 6.07) is 0. The van der Waals surface area contributed by atoms with Gasteiger partial charge < -0.3 is 16.8 Å². The van der Waals surface area contributed by atoms with E-state index in [1.807, 2.05) is 20.8 Å². The van der Waals surface area contributed by atoms with Gasteiger partial charge in [-0.3, -0.25) is 0 Å². The Morgan fingerprint density at radius 1 is 1.42 bits per heavy atom. The van der Waals surface area contributed by atoms with E-state index in [0.717, 1.165) is 0 Å². The molecule has 12 heavy (non-hydrogen) atoms. The molecule has 0 aromatic heterocycles. The second-order valence-electron chi connectivity index (χ2n) is 2.79. The van der Waals surface area contributed by atoms with E-state index >= 15 is 0 Å². The first-order valence-corrected chi connectivity index (χ1v) is 3.48. The number of ether oxygens (including phenoxy) is 1. The summed E-state index contributed by atoms with van der Waals surface area (Å²) in [6.45, 7) is 10.2. The zero-order chi connectivity index (χ0) is 9.49. The van der Waals surface area contributed by atoms with Gasteiger partial charge in [0.15, 0.2) is 0 Å². The Kier molecular flexibility index (Phi) is 13.6. The summed E-state index contributed by atoms with van der Waals surface area (Å²) in [7, 11) is 0. The zero-order valence-electron chi connectivity index (χ0n) is 8.68. The van der Waals surface area contributed by atoms with Crippen molar-refractivity contribution in [2.24, 2.45) is 0 Å². The van der Waals surface area contributed by atoms with E-state index in [0.29, 0.717) is 0 Å². The normalized spacial score (nSPS) is 9.08. The van der Waals surface area contributed by atoms with Crippen LogP contribution in [0.5, 0.6) is 0 Å². The predicted octanol–water partition coefficient (Wildman–Crippen LogP) is -1.27. The molecular formula is C8H17LiO3. The van der Waals surface area contributed by atoms with Gasteiger partial charge in [-0.2, -0.15) is 6.92 Å². The van der Waals surface area contributed by atoms with Crippen molar-refractivity contribution in [3.8, 4) is 0 Å². The molecule has 0 spiro atoms. The fourth-order valence-electron chi connectivity index (χ4n) is 0.278. The number of carbonyl (C=O) groups is 1. The van der Waals surface area contributed by atoms with E-state index in [1.54, 1.807) is 6.92 Å². The van der Waals surface area contributed by atoms with Crippen molar-refractivity contribution in [1.82, 2.24) is 0 Å². The van der Waals surface area contributed by atoms with E-state index in [4.69, 9.17) is 9.84 Å². The van der Waals surface area contributed by atoms with Crippen LogP contribution in [0.1, 0.15) is 27.7 Å². The summed E-state index contributed by atoms with van der Waals surface area (Å²) < 4.78 is 4.89. The van der Waals surface area contributed by atoms with E-state index in [9.17, 15) is 4.79 Å². The van der Waals surface area contributed by atoms with Crippen LogP contribution >= 0.6 is 0 Å². The van der Waals surface area contributed by atoms with Crippen LogP contribution in [-0.4, -0.2) is 23.3 Å². The van der Waals surface area contributed by atoms with Gasteiger partial charge in [-0.05, 0) is 20.8 Å². The van der Waals surface area contributed by atoms with Gasteiger partial charge in [0.1, 0.15) is 6.61 Å². The molecule has 3 nitrogen and oxygen atoms in total. The molecule has 0 unspecified atom stereocenters. The van der Waals surface area contributed by atoms with Crippen molar-refractivity contribution >= 4 is 5.97 Å². The van der Waals surface area contributed by atoms with Crippen molar-refractivity contribution in [2.45, 2.75) is 33.3 Å². The number of hydrogen-bond acceptors (Lipinski definition) is 2. The monoisotopic (exact) mass is 168 g/mol. The van der Waals surface area contributed by atoms with Gasteiger partial charge >= 0.3 is 24.8 Å². The molecule has 0 heterocycles. The molecule has 0 rings (SSSR count). The van der Waals surface area contributed by atoms with Crippen LogP contribution < -0.4 is 18.9 Å². The van der Waals surface area contributed by atoms with Gasteiger partial charge in [0.2, 0.25) is 0 Å². The second kappa shape index (κ2) is 9.12. The van der Waals surface area contributed by atoms with Gasteiger partial charge in [-0.25, -0.2) is 4.79 Å². The quantitative estimate of drug-likeness (QED) is 0.413. The Labute approximate surface area is 86.7 Å². The third kappa shape index (κ3) is 22.5. The molecule has 0 aliphatic rings. The SMILES string of the molecule is CC(C)(C)OCC(=O)O.[CH2-]C.[Li+]. The molecule has 1 N–H and O–H groups in total. The van der Waals surface area contributed by atoms with Crippen molar-refractivity contribution in [3.05, 3.63) is 6.92 Å². The van der Waals surface area contributed by atoms with Crippen molar-refractivity contribution in [1.29, 1.82) is 0 Å². The Hall–Kier alpha value is 0.0274. The number of rotatable bonds is 2. The average molecular weight is 168 g/mol. The number of aliphatic carboxylic acids is 1. The van der Waals surface area contributed by atoms with Gasteiger partial charge in [-0.1, -0.05) is 0 Å². The largest absolute Gasteiger partial charge is 1.00 e. The zero-order valence-corrected chi connectivity index (χ0v) is 8.68. The molecule has 0 atom stereocenters. The molecule has 0 aromatic rings. The van der Waals surface area contributed by atoms with Crippen LogP contribution in [0.15, 0.2) is 0 Å². The van der Waals surface area contributed by atoms with Crippen LogP contribution in [-0.2, 0) is 9.53 Å². The average Bonchev–Trinajstić information content (AvgIpc) is 1.87. The Morgan fingerprint density at radius 2 is 1.75 bits per heavy atom. The summed E-state index contributed by atoms with van der Waals surface area (Å²) in [6.07, 6.45) is 0. The van der Waals surface area contributed by atoms with E-state index in [1.165, 1.54) is 0 Å². The first-order chi connectivity index (χ1) is 4.92. The van der Waals surface area contributed by atoms with Crippen LogP contribution in [0.2, 0.25) is 0 Å². The molecule has 4 heteroatoms. The molecule has 0 fully saturated rings. The minimum atomic E-state index is -0.926. The van der Waals surface area contributed by atoms with E-state index in [2.05, 4.69) is 6.92 Å². The van der Waals surface area contributed by atoms with E-state index < -0.39 is 5.97 Å². The maximum absolute atomic E-state index is 9.92. The summed E-state index contributed by atoms with van der Waals surface area (Å²) in [5.74, 6) is -0.926. The second-order valence-corrected chi connectivity index (χ2v) is 2.79. The fraction of sp³-hybridized carbons (Fsp3) is 0.750. The third-order valence-corrected chi connectivity index (χ3v) is 0.629. The summed E-state index contributed by atoms with van der Waals surface area (Å²) >= 11 is 0. The molecular weight excluding hydrogens is 151 g/mol. The Morgan fingerprint density at radius 3 is 1.83 bits per heavy atom. The predicted molar refractivity (Wildman–Crippen MR) is 44.4 cm³/mol.